The highest BCUT2D eigenvalue weighted by molar-refractivity contribution is 5.98. The molecule has 0 bridgehead atoms. The van der Waals surface area contributed by atoms with Crippen LogP contribution in [0.25, 0.3) is 22.3 Å². The van der Waals surface area contributed by atoms with Gasteiger partial charge in [0, 0.05) is 5.56 Å². The molecule has 0 saturated heterocycles. The molecule has 4 heteroatoms. The van der Waals surface area contributed by atoms with E-state index >= 15 is 0 Å². The Hall–Kier alpha value is -4.96. The molecule has 0 saturated carbocycles. The van der Waals surface area contributed by atoms with Gasteiger partial charge in [-0.25, -0.2) is 9.59 Å². The molecule has 0 heterocycles. The Morgan fingerprint density at radius 3 is 1.49 bits per heavy atom. The molecule has 0 aliphatic heterocycles. The summed E-state index contributed by atoms with van der Waals surface area (Å²) in [4.78, 5) is 26.8. The number of ether oxygens (including phenoxy) is 2. The van der Waals surface area contributed by atoms with Crippen LogP contribution in [0.2, 0.25) is 0 Å². The van der Waals surface area contributed by atoms with Crippen molar-refractivity contribution in [1.29, 1.82) is 0 Å². The molecule has 0 unspecified atom stereocenters. The molecular formula is C35H28O4. The van der Waals surface area contributed by atoms with Crippen molar-refractivity contribution >= 4 is 11.9 Å². The van der Waals surface area contributed by atoms with Gasteiger partial charge < -0.3 is 9.47 Å². The van der Waals surface area contributed by atoms with Crippen LogP contribution in [0.5, 0.6) is 11.5 Å². The molecule has 192 valence electrons. The van der Waals surface area contributed by atoms with Gasteiger partial charge in [0.1, 0.15) is 0 Å². The Bertz CT molecular complexity index is 1560. The average molecular weight is 513 g/mol. The van der Waals surface area contributed by atoms with Gasteiger partial charge in [0.15, 0.2) is 11.5 Å². The minimum atomic E-state index is -0.530. The lowest BCUT2D eigenvalue weighted by Crippen LogP contribution is -2.15. The number of carbonyl (C=O) groups is 2. The summed E-state index contributed by atoms with van der Waals surface area (Å²) in [6.07, 6.45) is 1.43. The summed E-state index contributed by atoms with van der Waals surface area (Å²) in [6, 6.07) is 39.4. The predicted molar refractivity (Wildman–Crippen MR) is 154 cm³/mol. The van der Waals surface area contributed by atoms with Crippen molar-refractivity contribution in [2.24, 2.45) is 0 Å². The molecule has 5 aromatic rings. The van der Waals surface area contributed by atoms with Gasteiger partial charge in [-0.2, -0.15) is 0 Å². The fourth-order valence-electron chi connectivity index (χ4n) is 4.55. The monoisotopic (exact) mass is 512 g/mol. The highest BCUT2D eigenvalue weighted by Crippen LogP contribution is 2.48. The molecule has 39 heavy (non-hydrogen) atoms. The van der Waals surface area contributed by atoms with E-state index in [4.69, 9.17) is 9.47 Å². The summed E-state index contributed by atoms with van der Waals surface area (Å²) >= 11 is 0. The average Bonchev–Trinajstić information content (AvgIpc) is 3.00. The maximum absolute atomic E-state index is 13.5. The topological polar surface area (TPSA) is 52.6 Å². The van der Waals surface area contributed by atoms with Gasteiger partial charge in [-0.3, -0.25) is 0 Å². The van der Waals surface area contributed by atoms with Gasteiger partial charge in [0.05, 0.1) is 11.1 Å². The molecule has 0 radical (unpaired) electrons. The molecule has 5 rings (SSSR count). The van der Waals surface area contributed by atoms with Crippen molar-refractivity contribution in [3.63, 3.8) is 0 Å². The molecule has 0 aliphatic carbocycles. The first-order valence-electron chi connectivity index (χ1n) is 13.0. The van der Waals surface area contributed by atoms with Crippen molar-refractivity contribution in [3.05, 3.63) is 144 Å². The number of carbonyl (C=O) groups excluding carboxylic acids is 2. The Balaban J connectivity index is 1.78. The number of aryl methyl sites for hydroxylation is 1. The summed E-state index contributed by atoms with van der Waals surface area (Å²) in [5.74, 6) is -0.563. The first-order chi connectivity index (χ1) is 19.2. The van der Waals surface area contributed by atoms with Crippen molar-refractivity contribution in [2.75, 3.05) is 0 Å². The molecule has 0 aromatic heterocycles. The van der Waals surface area contributed by atoms with Crippen LogP contribution in [0, 0.1) is 0 Å². The van der Waals surface area contributed by atoms with E-state index < -0.39 is 11.9 Å². The fraction of sp³-hybridized carbons (Fsp3) is 0.0857. The number of benzene rings is 5. The highest BCUT2D eigenvalue weighted by atomic mass is 16.6. The summed E-state index contributed by atoms with van der Waals surface area (Å²) in [5.41, 5.74) is 4.98. The predicted octanol–water partition coefficient (Wildman–Crippen LogP) is 8.41. The number of hydrogen-bond donors (Lipinski definition) is 0. The molecule has 0 spiro atoms. The van der Waals surface area contributed by atoms with Crippen LogP contribution in [0.1, 0.15) is 39.6 Å². The first-order valence-corrected chi connectivity index (χ1v) is 13.0. The third-order valence-corrected chi connectivity index (χ3v) is 6.39. The normalized spacial score (nSPS) is 10.6. The van der Waals surface area contributed by atoms with E-state index in [1.165, 1.54) is 0 Å². The maximum atomic E-state index is 13.5. The zero-order valence-electron chi connectivity index (χ0n) is 21.7. The molecule has 0 N–H and O–H groups in total. The van der Waals surface area contributed by atoms with E-state index in [0.29, 0.717) is 23.1 Å². The number of esters is 2. The van der Waals surface area contributed by atoms with Gasteiger partial charge in [-0.15, -0.1) is 0 Å². The second-order valence-electron chi connectivity index (χ2n) is 9.11. The number of rotatable bonds is 8. The van der Waals surface area contributed by atoms with Crippen molar-refractivity contribution in [2.45, 2.75) is 19.8 Å². The molecule has 4 nitrogen and oxygen atoms in total. The van der Waals surface area contributed by atoms with Crippen LogP contribution in [0.4, 0.5) is 0 Å². The fourth-order valence-corrected chi connectivity index (χ4v) is 4.55. The zero-order chi connectivity index (χ0) is 27.0. The lowest BCUT2D eigenvalue weighted by atomic mass is 9.90. The Labute approximate surface area is 228 Å². The van der Waals surface area contributed by atoms with E-state index in [1.807, 2.05) is 72.8 Å². The van der Waals surface area contributed by atoms with Crippen LogP contribution in [-0.4, -0.2) is 11.9 Å². The highest BCUT2D eigenvalue weighted by Gasteiger charge is 2.27. The van der Waals surface area contributed by atoms with Crippen molar-refractivity contribution < 1.29 is 19.1 Å². The maximum Gasteiger partial charge on any atom is 0.343 e. The van der Waals surface area contributed by atoms with Crippen LogP contribution in [-0.2, 0) is 6.42 Å². The second kappa shape index (κ2) is 12.1. The third kappa shape index (κ3) is 5.81. The van der Waals surface area contributed by atoms with Gasteiger partial charge >= 0.3 is 11.9 Å². The smallest absolute Gasteiger partial charge is 0.343 e. The first kappa shape index (κ1) is 25.7. The van der Waals surface area contributed by atoms with E-state index in [9.17, 15) is 9.59 Å². The lowest BCUT2D eigenvalue weighted by molar-refractivity contribution is 0.0682. The van der Waals surface area contributed by atoms with Gasteiger partial charge in [0.25, 0.3) is 0 Å². The SMILES string of the molecule is CCCc1cc(-c2ccccc2)c(-c2ccccc2)c(OC(=O)c2ccccc2)c1OC(=O)c1ccccc1. The van der Waals surface area contributed by atoms with Crippen LogP contribution in [0.15, 0.2) is 127 Å². The second-order valence-corrected chi connectivity index (χ2v) is 9.11. The largest absolute Gasteiger partial charge is 0.419 e. The van der Waals surface area contributed by atoms with E-state index in [1.54, 1.807) is 48.5 Å². The molecular weight excluding hydrogens is 484 g/mol. The minimum Gasteiger partial charge on any atom is -0.419 e. The lowest BCUT2D eigenvalue weighted by Gasteiger charge is -2.22. The summed E-state index contributed by atoms with van der Waals surface area (Å²) in [5, 5.41) is 0. The Morgan fingerprint density at radius 1 is 0.564 bits per heavy atom. The van der Waals surface area contributed by atoms with Crippen molar-refractivity contribution in [3.8, 4) is 33.8 Å². The van der Waals surface area contributed by atoms with Gasteiger partial charge in [-0.05, 0) is 59.0 Å². The molecule has 5 aromatic carbocycles. The number of hydrogen-bond acceptors (Lipinski definition) is 4. The standard InChI is InChI=1S/C35H28O4/c1-2-15-29-24-30(25-16-7-3-8-17-25)31(26-18-9-4-10-19-26)33(39-35(37)28-22-13-6-14-23-28)32(29)38-34(36)27-20-11-5-12-21-27/h3-14,16-24H,2,15H2,1H3. The van der Waals surface area contributed by atoms with Crippen LogP contribution >= 0.6 is 0 Å². The van der Waals surface area contributed by atoms with Crippen LogP contribution in [0.3, 0.4) is 0 Å². The van der Waals surface area contributed by atoms with E-state index in [2.05, 4.69) is 13.0 Å². The summed E-state index contributed by atoms with van der Waals surface area (Å²) in [7, 11) is 0. The van der Waals surface area contributed by atoms with E-state index in [-0.39, 0.29) is 11.5 Å². The molecule has 0 fully saturated rings. The quantitative estimate of drug-likeness (QED) is 0.155. The van der Waals surface area contributed by atoms with Crippen molar-refractivity contribution in [1.82, 2.24) is 0 Å². The minimum absolute atomic E-state index is 0.226. The van der Waals surface area contributed by atoms with Crippen LogP contribution < -0.4 is 9.47 Å². The van der Waals surface area contributed by atoms with E-state index in [0.717, 1.165) is 28.7 Å². The molecule has 0 aliphatic rings. The van der Waals surface area contributed by atoms with Gasteiger partial charge in [0.2, 0.25) is 0 Å². The Kier molecular flexibility index (Phi) is 7.94. The summed E-state index contributed by atoms with van der Waals surface area (Å²) in [6.45, 7) is 2.06. The zero-order valence-corrected chi connectivity index (χ0v) is 21.7. The molecule has 0 atom stereocenters. The third-order valence-electron chi connectivity index (χ3n) is 6.39. The summed E-state index contributed by atoms with van der Waals surface area (Å²) < 4.78 is 12.3. The Morgan fingerprint density at radius 2 is 1.00 bits per heavy atom. The van der Waals surface area contributed by atoms with Gasteiger partial charge in [-0.1, -0.05) is 110 Å². The molecule has 0 amide bonds.